The Morgan fingerprint density at radius 2 is 1.96 bits per heavy atom. The number of piperidine rings is 1. The van der Waals surface area contributed by atoms with Crippen LogP contribution in [0.4, 0.5) is 19.0 Å². The van der Waals surface area contributed by atoms with Crippen LogP contribution in [0, 0.1) is 12.8 Å². The molecular formula is C18H25BF3N3O2. The zero-order chi connectivity index (χ0) is 20.2. The molecule has 1 aromatic heterocycles. The lowest BCUT2D eigenvalue weighted by atomic mass is 9.75. The van der Waals surface area contributed by atoms with Crippen molar-refractivity contribution in [2.75, 3.05) is 18.0 Å². The maximum Gasteiger partial charge on any atom is 0.416 e. The number of alkyl halides is 3. The molecule has 0 aromatic carbocycles. The van der Waals surface area contributed by atoms with Gasteiger partial charge in [0.25, 0.3) is 0 Å². The van der Waals surface area contributed by atoms with Gasteiger partial charge in [0.2, 0.25) is 0 Å². The quantitative estimate of drug-likeness (QED) is 0.559. The van der Waals surface area contributed by atoms with Crippen LogP contribution in [0.1, 0.15) is 43.4 Å². The first-order valence-electron chi connectivity index (χ1n) is 9.11. The van der Waals surface area contributed by atoms with Gasteiger partial charge in [-0.05, 0) is 44.2 Å². The Balaban J connectivity index is 2.10. The van der Waals surface area contributed by atoms with E-state index in [-0.39, 0.29) is 11.7 Å². The van der Waals surface area contributed by atoms with Crippen molar-refractivity contribution in [1.82, 2.24) is 4.98 Å². The predicted octanol–water partition coefficient (Wildman–Crippen LogP) is 3.16. The molecule has 1 atom stereocenters. The molecule has 1 aliphatic heterocycles. The third-order valence-electron chi connectivity index (χ3n) is 5.26. The summed E-state index contributed by atoms with van der Waals surface area (Å²) in [6.45, 7) is 2.36. The average molecular weight is 383 g/mol. The number of unbranched alkanes of at least 4 members (excludes halogenated alkanes) is 1. The molecule has 2 heterocycles. The Bertz CT molecular complexity index is 664. The molecule has 27 heavy (non-hydrogen) atoms. The fourth-order valence-corrected chi connectivity index (χ4v) is 3.65. The Morgan fingerprint density at radius 3 is 2.48 bits per heavy atom. The first-order valence-corrected chi connectivity index (χ1v) is 9.11. The van der Waals surface area contributed by atoms with E-state index in [2.05, 4.69) is 4.98 Å². The van der Waals surface area contributed by atoms with Crippen LogP contribution in [-0.4, -0.2) is 42.5 Å². The van der Waals surface area contributed by atoms with Gasteiger partial charge in [0, 0.05) is 18.8 Å². The van der Waals surface area contributed by atoms with Crippen molar-refractivity contribution in [3.8, 4) is 0 Å². The van der Waals surface area contributed by atoms with Crippen molar-refractivity contribution >= 4 is 19.6 Å². The predicted molar refractivity (Wildman–Crippen MR) is 97.9 cm³/mol. The molecule has 2 rings (SSSR count). The Labute approximate surface area is 158 Å². The fourth-order valence-electron chi connectivity index (χ4n) is 3.65. The fraction of sp³-hybridized carbons (Fsp3) is 0.667. The largest absolute Gasteiger partial charge is 0.480 e. The number of aliphatic carboxylic acids is 1. The molecule has 0 bridgehead atoms. The summed E-state index contributed by atoms with van der Waals surface area (Å²) in [4.78, 5) is 17.7. The number of hydrogen-bond acceptors (Lipinski definition) is 4. The minimum Gasteiger partial charge on any atom is -0.480 e. The molecule has 0 amide bonds. The van der Waals surface area contributed by atoms with E-state index in [0.29, 0.717) is 57.2 Å². The van der Waals surface area contributed by atoms with Crippen LogP contribution in [0.15, 0.2) is 12.1 Å². The molecule has 0 aliphatic carbocycles. The summed E-state index contributed by atoms with van der Waals surface area (Å²) in [6, 6.07) is 2.06. The maximum atomic E-state index is 13.0. The first kappa shape index (κ1) is 21.5. The molecule has 1 fully saturated rings. The molecule has 148 valence electrons. The molecule has 1 aromatic rings. The van der Waals surface area contributed by atoms with Gasteiger partial charge < -0.3 is 15.7 Å². The maximum absolute atomic E-state index is 13.0. The average Bonchev–Trinajstić information content (AvgIpc) is 2.60. The van der Waals surface area contributed by atoms with Gasteiger partial charge in [-0.25, -0.2) is 4.98 Å². The SMILES string of the molecule is [B]CCCCC(N)(C(=O)O)C1CCN(c2cc(C(F)(F)F)cc(C)n2)CC1. The molecule has 3 N–H and O–H groups in total. The lowest BCUT2D eigenvalue weighted by molar-refractivity contribution is -0.146. The Kier molecular flexibility index (Phi) is 6.78. The van der Waals surface area contributed by atoms with Crippen molar-refractivity contribution in [3.63, 3.8) is 0 Å². The highest BCUT2D eigenvalue weighted by Gasteiger charge is 2.43. The molecule has 5 nitrogen and oxygen atoms in total. The van der Waals surface area contributed by atoms with Crippen LogP contribution in [0.5, 0.6) is 0 Å². The number of carboxylic acid groups (broad SMARTS) is 1. The van der Waals surface area contributed by atoms with Crippen LogP contribution in [0.3, 0.4) is 0 Å². The van der Waals surface area contributed by atoms with Crippen molar-refractivity contribution in [3.05, 3.63) is 23.4 Å². The lowest BCUT2D eigenvalue weighted by Gasteiger charge is -2.40. The molecule has 2 radical (unpaired) electrons. The second-order valence-electron chi connectivity index (χ2n) is 7.21. The van der Waals surface area contributed by atoms with E-state index in [1.54, 1.807) is 4.90 Å². The van der Waals surface area contributed by atoms with Gasteiger partial charge in [-0.3, -0.25) is 4.79 Å². The smallest absolute Gasteiger partial charge is 0.416 e. The monoisotopic (exact) mass is 383 g/mol. The zero-order valence-electron chi connectivity index (χ0n) is 15.4. The molecule has 1 saturated heterocycles. The number of rotatable bonds is 7. The Hall–Kier alpha value is -1.77. The standard InChI is InChI=1S/C18H25BF3N3O2/c1-12-10-14(18(20,21)22)11-15(24-12)25-8-4-13(5-9-25)17(23,16(26)27)6-2-3-7-19/h10-11,13H,2-9,23H2,1H3,(H,26,27). The summed E-state index contributed by atoms with van der Waals surface area (Å²) in [5.41, 5.74) is 4.45. The van der Waals surface area contributed by atoms with Gasteiger partial charge in [0.1, 0.15) is 11.4 Å². The topological polar surface area (TPSA) is 79.5 Å². The summed E-state index contributed by atoms with van der Waals surface area (Å²) in [5, 5.41) is 9.62. The number of nitrogens with zero attached hydrogens (tertiary/aromatic N) is 2. The second kappa shape index (κ2) is 8.50. The van der Waals surface area contributed by atoms with Crippen LogP contribution in [0.25, 0.3) is 0 Å². The molecular weight excluding hydrogens is 358 g/mol. The molecule has 9 heteroatoms. The number of aryl methyl sites for hydroxylation is 1. The van der Waals surface area contributed by atoms with Crippen LogP contribution < -0.4 is 10.6 Å². The second-order valence-corrected chi connectivity index (χ2v) is 7.21. The van der Waals surface area contributed by atoms with E-state index < -0.39 is 23.2 Å². The summed E-state index contributed by atoms with van der Waals surface area (Å²) < 4.78 is 39.1. The third kappa shape index (κ3) is 5.15. The van der Waals surface area contributed by atoms with E-state index in [9.17, 15) is 23.1 Å². The summed E-state index contributed by atoms with van der Waals surface area (Å²) in [6.07, 6.45) is -1.30. The number of carbonyl (C=O) groups is 1. The number of aromatic nitrogens is 1. The van der Waals surface area contributed by atoms with Gasteiger partial charge in [-0.2, -0.15) is 13.2 Å². The summed E-state index contributed by atoms with van der Waals surface area (Å²) >= 11 is 0. The summed E-state index contributed by atoms with van der Waals surface area (Å²) in [7, 11) is 5.47. The van der Waals surface area contributed by atoms with Crippen LogP contribution in [0.2, 0.25) is 6.32 Å². The Morgan fingerprint density at radius 1 is 1.33 bits per heavy atom. The van der Waals surface area contributed by atoms with E-state index >= 15 is 0 Å². The van der Waals surface area contributed by atoms with E-state index in [0.717, 1.165) is 12.1 Å². The number of nitrogens with two attached hydrogens (primary N) is 1. The van der Waals surface area contributed by atoms with E-state index in [4.69, 9.17) is 13.6 Å². The third-order valence-corrected chi connectivity index (χ3v) is 5.26. The van der Waals surface area contributed by atoms with Crippen molar-refractivity contribution in [2.45, 2.75) is 57.1 Å². The van der Waals surface area contributed by atoms with Gasteiger partial charge >= 0.3 is 12.1 Å². The summed E-state index contributed by atoms with van der Waals surface area (Å²) in [5.74, 6) is -1.01. The zero-order valence-corrected chi connectivity index (χ0v) is 15.4. The van der Waals surface area contributed by atoms with E-state index in [1.165, 1.54) is 6.92 Å². The van der Waals surface area contributed by atoms with E-state index in [1.807, 2.05) is 0 Å². The molecule has 1 aliphatic rings. The number of carboxylic acids is 1. The highest BCUT2D eigenvalue weighted by molar-refractivity contribution is 6.08. The minimum absolute atomic E-state index is 0.240. The lowest BCUT2D eigenvalue weighted by Crippen LogP contribution is -2.57. The van der Waals surface area contributed by atoms with Crippen LogP contribution >= 0.6 is 0 Å². The van der Waals surface area contributed by atoms with Crippen LogP contribution in [-0.2, 0) is 11.0 Å². The molecule has 0 saturated carbocycles. The number of anilines is 1. The highest BCUT2D eigenvalue weighted by Crippen LogP contribution is 2.35. The number of hydrogen-bond donors (Lipinski definition) is 2. The normalized spacial score (nSPS) is 18.3. The van der Waals surface area contributed by atoms with Crippen molar-refractivity contribution in [1.29, 1.82) is 0 Å². The number of halogens is 3. The first-order chi connectivity index (χ1) is 12.6. The molecule has 0 spiro atoms. The van der Waals surface area contributed by atoms with Gasteiger partial charge in [0.05, 0.1) is 13.4 Å². The highest BCUT2D eigenvalue weighted by atomic mass is 19.4. The van der Waals surface area contributed by atoms with Gasteiger partial charge in [0.15, 0.2) is 0 Å². The van der Waals surface area contributed by atoms with Crippen molar-refractivity contribution in [2.24, 2.45) is 11.7 Å². The van der Waals surface area contributed by atoms with Gasteiger partial charge in [-0.15, -0.1) is 0 Å². The minimum atomic E-state index is -4.43. The van der Waals surface area contributed by atoms with Crippen molar-refractivity contribution < 1.29 is 23.1 Å². The number of pyridine rings is 1. The molecule has 1 unspecified atom stereocenters. The van der Waals surface area contributed by atoms with Gasteiger partial charge in [-0.1, -0.05) is 19.2 Å².